The number of ether oxygens (including phenoxy) is 2. The molecule has 0 bridgehead atoms. The average Bonchev–Trinajstić information content (AvgIpc) is 2.85. The Kier molecular flexibility index (Phi) is 13.4. The van der Waals surface area contributed by atoms with Crippen molar-refractivity contribution < 1.29 is 19.4 Å². The molecule has 0 spiro atoms. The highest BCUT2D eigenvalue weighted by molar-refractivity contribution is 5.97. The summed E-state index contributed by atoms with van der Waals surface area (Å²) in [5.41, 5.74) is 8.04. The van der Waals surface area contributed by atoms with Crippen LogP contribution in [0.1, 0.15) is 55.5 Å². The Hall–Kier alpha value is -2.45. The Bertz CT molecular complexity index is 847. The number of para-hydroxylation sites is 1. The molecule has 0 aromatic heterocycles. The molecule has 7 heteroatoms. The van der Waals surface area contributed by atoms with Crippen molar-refractivity contribution in [1.29, 1.82) is 0 Å². The average molecular weight is 486 g/mol. The van der Waals surface area contributed by atoms with Gasteiger partial charge in [-0.15, -0.1) is 0 Å². The summed E-state index contributed by atoms with van der Waals surface area (Å²) in [6.45, 7) is 6.85. The summed E-state index contributed by atoms with van der Waals surface area (Å²) < 4.78 is 10.9. The largest absolute Gasteiger partial charge is 0.493 e. The van der Waals surface area contributed by atoms with Crippen molar-refractivity contribution in [3.63, 3.8) is 0 Å². The van der Waals surface area contributed by atoms with Crippen molar-refractivity contribution >= 4 is 5.91 Å². The Morgan fingerprint density at radius 3 is 2.43 bits per heavy atom. The highest BCUT2D eigenvalue weighted by Crippen LogP contribution is 2.23. The van der Waals surface area contributed by atoms with Crippen LogP contribution in [0.15, 0.2) is 54.6 Å². The molecule has 0 saturated heterocycles. The summed E-state index contributed by atoms with van der Waals surface area (Å²) in [5.74, 6) is 0.150. The second-order valence-electron chi connectivity index (χ2n) is 9.32. The van der Waals surface area contributed by atoms with Crippen LogP contribution in [-0.2, 0) is 11.3 Å². The minimum Gasteiger partial charge on any atom is -0.493 e. The van der Waals surface area contributed by atoms with E-state index in [2.05, 4.69) is 22.8 Å². The molecule has 0 heterocycles. The molecular formula is C28H43N3O4. The Morgan fingerprint density at radius 2 is 1.71 bits per heavy atom. The first kappa shape index (κ1) is 28.8. The normalized spacial score (nSPS) is 13.9. The summed E-state index contributed by atoms with van der Waals surface area (Å²) in [7, 11) is 1.67. The van der Waals surface area contributed by atoms with Crippen LogP contribution in [-0.4, -0.2) is 50.2 Å². The first-order valence-electron chi connectivity index (χ1n) is 12.6. The number of amides is 1. The van der Waals surface area contributed by atoms with Gasteiger partial charge < -0.3 is 30.9 Å². The maximum Gasteiger partial charge on any atom is 0.257 e. The number of hydrogen-bond acceptors (Lipinski definition) is 6. The first-order valence-corrected chi connectivity index (χ1v) is 12.6. The molecule has 0 radical (unpaired) electrons. The molecule has 35 heavy (non-hydrogen) atoms. The number of carbonyl (C=O) groups is 1. The molecule has 2 aromatic carbocycles. The maximum absolute atomic E-state index is 13.0. The lowest BCUT2D eigenvalue weighted by atomic mass is 9.87. The van der Waals surface area contributed by atoms with E-state index in [0.717, 1.165) is 32.4 Å². The molecule has 5 N–H and O–H groups in total. The molecule has 0 saturated carbocycles. The molecule has 0 aliphatic carbocycles. The van der Waals surface area contributed by atoms with Gasteiger partial charge in [0.15, 0.2) is 0 Å². The first-order chi connectivity index (χ1) is 16.9. The lowest BCUT2D eigenvalue weighted by Crippen LogP contribution is -2.44. The van der Waals surface area contributed by atoms with Crippen LogP contribution < -0.4 is 21.1 Å². The van der Waals surface area contributed by atoms with Gasteiger partial charge in [0.05, 0.1) is 12.2 Å². The number of rotatable bonds is 17. The lowest BCUT2D eigenvalue weighted by molar-refractivity contribution is 0.0375. The van der Waals surface area contributed by atoms with Gasteiger partial charge in [0.1, 0.15) is 12.0 Å². The number of unbranched alkanes of at least 4 members (excludes halogenated alkanes) is 1. The zero-order valence-electron chi connectivity index (χ0n) is 21.4. The van der Waals surface area contributed by atoms with Crippen LogP contribution in [0, 0.1) is 11.8 Å². The summed E-state index contributed by atoms with van der Waals surface area (Å²) in [6.07, 6.45) is 2.13. The van der Waals surface area contributed by atoms with E-state index in [9.17, 15) is 9.90 Å². The van der Waals surface area contributed by atoms with Gasteiger partial charge >= 0.3 is 0 Å². The summed E-state index contributed by atoms with van der Waals surface area (Å²) in [6, 6.07) is 17.3. The predicted octanol–water partition coefficient (Wildman–Crippen LogP) is 3.71. The van der Waals surface area contributed by atoms with E-state index in [0.29, 0.717) is 30.9 Å². The van der Waals surface area contributed by atoms with Crippen molar-refractivity contribution in [2.24, 2.45) is 17.6 Å². The van der Waals surface area contributed by atoms with Crippen LogP contribution >= 0.6 is 0 Å². The summed E-state index contributed by atoms with van der Waals surface area (Å²) in [4.78, 5) is 13.0. The topological polar surface area (TPSA) is 106 Å². The molecule has 0 aliphatic heterocycles. The second kappa shape index (κ2) is 16.3. The summed E-state index contributed by atoms with van der Waals surface area (Å²) in [5, 5.41) is 17.1. The number of hydrogen-bond donors (Lipinski definition) is 4. The third-order valence-electron chi connectivity index (χ3n) is 6.11. The number of nitrogens with one attached hydrogen (secondary N) is 2. The minimum atomic E-state index is -0.999. The highest BCUT2D eigenvalue weighted by Gasteiger charge is 2.27. The molecule has 2 aromatic rings. The molecule has 2 rings (SSSR count). The Morgan fingerprint density at radius 1 is 1.03 bits per heavy atom. The van der Waals surface area contributed by atoms with Crippen molar-refractivity contribution in [3.05, 3.63) is 65.7 Å². The van der Waals surface area contributed by atoms with E-state index in [1.807, 2.05) is 38.1 Å². The number of benzene rings is 2. The van der Waals surface area contributed by atoms with Crippen LogP contribution in [0.4, 0.5) is 0 Å². The quantitative estimate of drug-likeness (QED) is 0.201. The van der Waals surface area contributed by atoms with Crippen LogP contribution in [0.25, 0.3) is 0 Å². The minimum absolute atomic E-state index is 0.0834. The molecule has 1 amide bonds. The van der Waals surface area contributed by atoms with Gasteiger partial charge in [-0.25, -0.2) is 0 Å². The third kappa shape index (κ3) is 10.8. The zero-order chi connectivity index (χ0) is 25.5. The van der Waals surface area contributed by atoms with Gasteiger partial charge in [0.2, 0.25) is 0 Å². The van der Waals surface area contributed by atoms with Crippen molar-refractivity contribution in [2.75, 3.05) is 26.9 Å². The number of carbonyl (C=O) groups excluding carboxylic acids is 1. The number of aliphatic hydroxyl groups is 1. The van der Waals surface area contributed by atoms with Gasteiger partial charge in [0, 0.05) is 32.2 Å². The van der Waals surface area contributed by atoms with E-state index >= 15 is 0 Å². The van der Waals surface area contributed by atoms with Crippen molar-refractivity contribution in [3.8, 4) is 5.75 Å². The van der Waals surface area contributed by atoms with Gasteiger partial charge in [-0.2, -0.15) is 0 Å². The van der Waals surface area contributed by atoms with E-state index in [-0.39, 0.29) is 23.8 Å². The maximum atomic E-state index is 13.0. The van der Waals surface area contributed by atoms with Gasteiger partial charge in [-0.1, -0.05) is 56.3 Å². The predicted molar refractivity (Wildman–Crippen MR) is 140 cm³/mol. The molecular weight excluding hydrogens is 442 g/mol. The molecule has 1 unspecified atom stereocenters. The Balaban J connectivity index is 1.84. The van der Waals surface area contributed by atoms with Gasteiger partial charge in [-0.05, 0) is 55.8 Å². The van der Waals surface area contributed by atoms with E-state index in [1.54, 1.807) is 25.3 Å². The Labute approximate surface area is 210 Å². The molecule has 0 aliphatic rings. The SMILES string of the molecule is COCCCCOc1ccccc1C(=O)NC(O)[C@@H](C[C@H](N)CCNCc1ccccc1)C(C)C. The lowest BCUT2D eigenvalue weighted by Gasteiger charge is -2.29. The van der Waals surface area contributed by atoms with E-state index in [1.165, 1.54) is 5.56 Å². The smallest absolute Gasteiger partial charge is 0.257 e. The summed E-state index contributed by atoms with van der Waals surface area (Å²) >= 11 is 0. The van der Waals surface area contributed by atoms with Crippen molar-refractivity contribution in [1.82, 2.24) is 10.6 Å². The number of aliphatic hydroxyl groups excluding tert-OH is 1. The number of nitrogens with two attached hydrogens (primary N) is 1. The second-order valence-corrected chi connectivity index (χ2v) is 9.32. The van der Waals surface area contributed by atoms with Crippen molar-refractivity contribution in [2.45, 2.75) is 58.3 Å². The molecule has 194 valence electrons. The van der Waals surface area contributed by atoms with Crippen LogP contribution in [0.5, 0.6) is 5.75 Å². The molecule has 3 atom stereocenters. The van der Waals surface area contributed by atoms with Crippen LogP contribution in [0.3, 0.4) is 0 Å². The molecule has 7 nitrogen and oxygen atoms in total. The zero-order valence-corrected chi connectivity index (χ0v) is 21.4. The third-order valence-corrected chi connectivity index (χ3v) is 6.11. The van der Waals surface area contributed by atoms with E-state index in [4.69, 9.17) is 15.2 Å². The fourth-order valence-electron chi connectivity index (χ4n) is 3.98. The monoisotopic (exact) mass is 485 g/mol. The standard InChI is InChI=1S/C28H43N3O4/c1-21(2)25(19-23(29)15-16-30-20-22-11-5-4-6-12-22)28(33)31-27(32)24-13-7-8-14-26(24)35-18-10-9-17-34-3/h4-8,11-14,21,23,25,28,30,33H,9-10,15-20,29H2,1-3H3,(H,31,32)/t23-,25+,28?/m1/s1. The molecule has 0 fully saturated rings. The fraction of sp³-hybridized carbons (Fsp3) is 0.536. The number of methoxy groups -OCH3 is 1. The van der Waals surface area contributed by atoms with Gasteiger partial charge in [0.25, 0.3) is 5.91 Å². The highest BCUT2D eigenvalue weighted by atomic mass is 16.5. The fourth-order valence-corrected chi connectivity index (χ4v) is 3.98. The van der Waals surface area contributed by atoms with E-state index < -0.39 is 6.23 Å². The van der Waals surface area contributed by atoms with Crippen LogP contribution in [0.2, 0.25) is 0 Å². The van der Waals surface area contributed by atoms with Gasteiger partial charge in [-0.3, -0.25) is 4.79 Å².